The normalized spacial score (nSPS) is 11.6. The molecule has 0 aliphatic carbocycles. The molecule has 0 aliphatic rings. The standard InChI is InChI=1S/C16H22N2O3/c1-2-3-5-10-14(16(17)20)18-15(19)12-21-11-13-8-6-4-7-9-13/h2,4,6-9,14H,1,3,5,10-12H2,(H2,17,20)(H,18,19)/t14-/m0/s1. The number of hydrogen-bond donors (Lipinski definition) is 2. The van der Waals surface area contributed by atoms with E-state index in [0.717, 1.165) is 18.4 Å². The number of carbonyl (C=O) groups is 2. The van der Waals surface area contributed by atoms with Gasteiger partial charge in [0.2, 0.25) is 11.8 Å². The van der Waals surface area contributed by atoms with E-state index >= 15 is 0 Å². The molecule has 0 saturated heterocycles. The van der Waals surface area contributed by atoms with Crippen molar-refractivity contribution in [3.63, 3.8) is 0 Å². The Morgan fingerprint density at radius 1 is 1.33 bits per heavy atom. The van der Waals surface area contributed by atoms with Crippen molar-refractivity contribution in [1.29, 1.82) is 0 Å². The first-order chi connectivity index (χ1) is 10.1. The molecular formula is C16H22N2O3. The number of nitrogens with two attached hydrogens (primary N) is 1. The molecule has 0 spiro atoms. The molecule has 0 aromatic heterocycles. The summed E-state index contributed by atoms with van der Waals surface area (Å²) >= 11 is 0. The molecule has 5 heteroatoms. The van der Waals surface area contributed by atoms with E-state index in [2.05, 4.69) is 11.9 Å². The number of ether oxygens (including phenoxy) is 1. The molecule has 1 aromatic carbocycles. The molecule has 0 fully saturated rings. The van der Waals surface area contributed by atoms with Gasteiger partial charge in [-0.1, -0.05) is 36.4 Å². The van der Waals surface area contributed by atoms with Gasteiger partial charge in [0.05, 0.1) is 6.61 Å². The third kappa shape index (κ3) is 7.27. The number of allylic oxidation sites excluding steroid dienone is 1. The second kappa shape index (κ2) is 9.72. The molecule has 5 nitrogen and oxygen atoms in total. The molecule has 1 atom stereocenters. The van der Waals surface area contributed by atoms with Crippen LogP contribution in [0, 0.1) is 0 Å². The highest BCUT2D eigenvalue weighted by Gasteiger charge is 2.17. The van der Waals surface area contributed by atoms with E-state index in [1.807, 2.05) is 30.3 Å². The topological polar surface area (TPSA) is 81.4 Å². The van der Waals surface area contributed by atoms with Gasteiger partial charge < -0.3 is 15.8 Å². The number of carbonyl (C=O) groups excluding carboxylic acids is 2. The number of primary amides is 1. The molecule has 0 bridgehead atoms. The van der Waals surface area contributed by atoms with Gasteiger partial charge in [0.15, 0.2) is 0 Å². The Balaban J connectivity index is 2.29. The van der Waals surface area contributed by atoms with Crippen molar-refractivity contribution in [2.45, 2.75) is 31.9 Å². The molecule has 0 heterocycles. The number of nitrogens with one attached hydrogen (secondary N) is 1. The Morgan fingerprint density at radius 2 is 2.05 bits per heavy atom. The Bertz CT molecular complexity index is 460. The van der Waals surface area contributed by atoms with Crippen LogP contribution in [0.25, 0.3) is 0 Å². The lowest BCUT2D eigenvalue weighted by atomic mass is 10.1. The molecule has 21 heavy (non-hydrogen) atoms. The van der Waals surface area contributed by atoms with Gasteiger partial charge in [-0.3, -0.25) is 9.59 Å². The summed E-state index contributed by atoms with van der Waals surface area (Å²) in [4.78, 5) is 23.0. The van der Waals surface area contributed by atoms with Crippen LogP contribution in [0.5, 0.6) is 0 Å². The molecule has 0 aliphatic heterocycles. The number of unbranched alkanes of at least 4 members (excludes halogenated alkanes) is 1. The second-order valence-corrected chi connectivity index (χ2v) is 4.72. The minimum atomic E-state index is -0.655. The van der Waals surface area contributed by atoms with Gasteiger partial charge >= 0.3 is 0 Å². The first-order valence-electron chi connectivity index (χ1n) is 6.94. The summed E-state index contributed by atoms with van der Waals surface area (Å²) in [6, 6.07) is 8.90. The van der Waals surface area contributed by atoms with Crippen molar-refractivity contribution in [3.8, 4) is 0 Å². The molecule has 3 N–H and O–H groups in total. The van der Waals surface area contributed by atoms with E-state index in [4.69, 9.17) is 10.5 Å². The van der Waals surface area contributed by atoms with Gasteiger partial charge in [0, 0.05) is 0 Å². The average Bonchev–Trinajstić information content (AvgIpc) is 2.47. The molecule has 0 unspecified atom stereocenters. The molecule has 1 aromatic rings. The van der Waals surface area contributed by atoms with Crippen LogP contribution in [0.2, 0.25) is 0 Å². The summed E-state index contributed by atoms with van der Waals surface area (Å²) in [5, 5.41) is 2.59. The van der Waals surface area contributed by atoms with Crippen LogP contribution in [-0.2, 0) is 20.9 Å². The van der Waals surface area contributed by atoms with Crippen LogP contribution in [-0.4, -0.2) is 24.5 Å². The third-order valence-corrected chi connectivity index (χ3v) is 2.92. The Hall–Kier alpha value is -2.14. The van der Waals surface area contributed by atoms with Crippen molar-refractivity contribution in [1.82, 2.24) is 5.32 Å². The van der Waals surface area contributed by atoms with E-state index in [0.29, 0.717) is 13.0 Å². The van der Waals surface area contributed by atoms with Crippen LogP contribution in [0.1, 0.15) is 24.8 Å². The SMILES string of the molecule is C=CCCC[C@H](NC(=O)COCc1ccccc1)C(N)=O. The molecule has 1 rings (SSSR count). The Kier molecular flexibility index (Phi) is 7.82. The summed E-state index contributed by atoms with van der Waals surface area (Å²) in [7, 11) is 0. The highest BCUT2D eigenvalue weighted by atomic mass is 16.5. The molecule has 0 radical (unpaired) electrons. The predicted octanol–water partition coefficient (Wildman–Crippen LogP) is 1.53. The minimum Gasteiger partial charge on any atom is -0.368 e. The van der Waals surface area contributed by atoms with Crippen LogP contribution in [0.4, 0.5) is 0 Å². The number of hydrogen-bond acceptors (Lipinski definition) is 3. The Morgan fingerprint density at radius 3 is 2.67 bits per heavy atom. The lowest BCUT2D eigenvalue weighted by Gasteiger charge is -2.15. The monoisotopic (exact) mass is 290 g/mol. The number of amides is 2. The van der Waals surface area contributed by atoms with Crippen molar-refractivity contribution < 1.29 is 14.3 Å². The zero-order chi connectivity index (χ0) is 15.5. The summed E-state index contributed by atoms with van der Waals surface area (Å²) in [6.45, 7) is 3.87. The van der Waals surface area contributed by atoms with Crippen LogP contribution in [0.3, 0.4) is 0 Å². The van der Waals surface area contributed by atoms with Gasteiger partial charge in [-0.25, -0.2) is 0 Å². The average molecular weight is 290 g/mol. The Labute approximate surface area is 125 Å². The smallest absolute Gasteiger partial charge is 0.246 e. The van der Waals surface area contributed by atoms with Crippen molar-refractivity contribution in [2.75, 3.05) is 6.61 Å². The molecule has 2 amide bonds. The van der Waals surface area contributed by atoms with Crippen molar-refractivity contribution in [2.24, 2.45) is 5.73 Å². The first-order valence-corrected chi connectivity index (χ1v) is 6.94. The van der Waals surface area contributed by atoms with Gasteiger partial charge in [-0.05, 0) is 24.8 Å². The van der Waals surface area contributed by atoms with Crippen LogP contribution >= 0.6 is 0 Å². The van der Waals surface area contributed by atoms with Gasteiger partial charge in [0.25, 0.3) is 0 Å². The fraction of sp³-hybridized carbons (Fsp3) is 0.375. The first kappa shape index (κ1) is 16.9. The van der Waals surface area contributed by atoms with E-state index in [1.54, 1.807) is 6.08 Å². The maximum atomic E-state index is 11.7. The predicted molar refractivity (Wildman–Crippen MR) is 81.3 cm³/mol. The third-order valence-electron chi connectivity index (χ3n) is 2.92. The van der Waals surface area contributed by atoms with Gasteiger partial charge in [-0.2, -0.15) is 0 Å². The summed E-state index contributed by atoms with van der Waals surface area (Å²) in [6.07, 6.45) is 3.81. The van der Waals surface area contributed by atoms with Crippen LogP contribution < -0.4 is 11.1 Å². The molecular weight excluding hydrogens is 268 g/mol. The molecule has 114 valence electrons. The number of rotatable bonds is 10. The fourth-order valence-electron chi connectivity index (χ4n) is 1.82. The van der Waals surface area contributed by atoms with Crippen LogP contribution in [0.15, 0.2) is 43.0 Å². The lowest BCUT2D eigenvalue weighted by Crippen LogP contribution is -2.45. The summed E-state index contributed by atoms with van der Waals surface area (Å²) < 4.78 is 5.31. The summed E-state index contributed by atoms with van der Waals surface area (Å²) in [5.41, 5.74) is 6.26. The van der Waals surface area contributed by atoms with E-state index in [-0.39, 0.29) is 12.5 Å². The highest BCUT2D eigenvalue weighted by Crippen LogP contribution is 2.02. The largest absolute Gasteiger partial charge is 0.368 e. The highest BCUT2D eigenvalue weighted by molar-refractivity contribution is 5.86. The second-order valence-electron chi connectivity index (χ2n) is 4.72. The van der Waals surface area contributed by atoms with E-state index in [1.165, 1.54) is 0 Å². The lowest BCUT2D eigenvalue weighted by molar-refractivity contribution is -0.130. The van der Waals surface area contributed by atoms with E-state index in [9.17, 15) is 9.59 Å². The minimum absolute atomic E-state index is 0.0971. The maximum Gasteiger partial charge on any atom is 0.246 e. The van der Waals surface area contributed by atoms with E-state index < -0.39 is 11.9 Å². The quantitative estimate of drug-likeness (QED) is 0.506. The zero-order valence-corrected chi connectivity index (χ0v) is 12.1. The van der Waals surface area contributed by atoms with Gasteiger partial charge in [-0.15, -0.1) is 6.58 Å². The van der Waals surface area contributed by atoms with Crippen molar-refractivity contribution in [3.05, 3.63) is 48.6 Å². The molecule has 0 saturated carbocycles. The van der Waals surface area contributed by atoms with Crippen molar-refractivity contribution >= 4 is 11.8 Å². The zero-order valence-electron chi connectivity index (χ0n) is 12.1. The maximum absolute atomic E-state index is 11.7. The number of benzene rings is 1. The van der Waals surface area contributed by atoms with Gasteiger partial charge in [0.1, 0.15) is 12.6 Å². The fourth-order valence-corrected chi connectivity index (χ4v) is 1.82. The summed E-state index contributed by atoms with van der Waals surface area (Å²) in [5.74, 6) is -0.871.